The Bertz CT molecular complexity index is 716. The van der Waals surface area contributed by atoms with Gasteiger partial charge in [0.25, 0.3) is 0 Å². The highest BCUT2D eigenvalue weighted by atomic mass is 32.2. The summed E-state index contributed by atoms with van der Waals surface area (Å²) in [4.78, 5) is 53.4. The highest BCUT2D eigenvalue weighted by Crippen LogP contribution is 2.07. The molecule has 0 aromatic heterocycles. The number of thioether (sulfide) groups is 1. The lowest BCUT2D eigenvalue weighted by Crippen LogP contribution is -2.58. The molecule has 0 saturated carbocycles. The minimum absolute atomic E-state index is 0.105. The van der Waals surface area contributed by atoms with Gasteiger partial charge in [0.2, 0.25) is 17.7 Å². The van der Waals surface area contributed by atoms with Gasteiger partial charge in [0.15, 0.2) is 12.0 Å². The molecule has 196 valence electrons. The van der Waals surface area contributed by atoms with Gasteiger partial charge in [0.05, 0.1) is 12.1 Å². The fourth-order valence-corrected chi connectivity index (χ4v) is 3.23. The van der Waals surface area contributed by atoms with E-state index >= 15 is 0 Å². The summed E-state index contributed by atoms with van der Waals surface area (Å²) in [6.07, 6.45) is 1.19. The zero-order valence-corrected chi connectivity index (χ0v) is 20.9. The van der Waals surface area contributed by atoms with Crippen LogP contribution in [-0.2, 0) is 19.2 Å². The fraction of sp³-hybridized carbons (Fsp3) is 0.750. The number of hydrogen-bond acceptors (Lipinski definition) is 8. The van der Waals surface area contributed by atoms with Crippen LogP contribution in [0.25, 0.3) is 0 Å². The molecule has 0 aliphatic carbocycles. The quantitative estimate of drug-likeness (QED) is 0.0634. The topological polar surface area (TPSA) is 235 Å². The molecule has 0 aromatic carbocycles. The van der Waals surface area contributed by atoms with Crippen molar-refractivity contribution in [3.05, 3.63) is 0 Å². The lowest BCUT2D eigenvalue weighted by atomic mass is 10.0. The summed E-state index contributed by atoms with van der Waals surface area (Å²) in [7, 11) is 0. The number of carboxylic acid groups (broad SMARTS) is 1. The van der Waals surface area contributed by atoms with E-state index in [0.717, 1.165) is 0 Å². The number of guanidine groups is 1. The summed E-state index contributed by atoms with van der Waals surface area (Å²) in [6, 6.07) is -4.49. The molecule has 11 N–H and O–H groups in total. The number of carboxylic acids is 1. The molecule has 3 amide bonds. The van der Waals surface area contributed by atoms with Gasteiger partial charge >= 0.3 is 5.97 Å². The summed E-state index contributed by atoms with van der Waals surface area (Å²) < 4.78 is 0. The van der Waals surface area contributed by atoms with Crippen LogP contribution in [0.3, 0.4) is 0 Å². The van der Waals surface area contributed by atoms with E-state index in [1.807, 2.05) is 6.26 Å². The molecule has 0 aliphatic rings. The van der Waals surface area contributed by atoms with Crippen molar-refractivity contribution in [3.8, 4) is 0 Å². The van der Waals surface area contributed by atoms with Gasteiger partial charge in [-0.2, -0.15) is 11.8 Å². The Kier molecular flexibility index (Phi) is 14.9. The first kappa shape index (κ1) is 31.4. The summed E-state index contributed by atoms with van der Waals surface area (Å²) >= 11 is 1.43. The molecule has 0 heterocycles. The molecule has 0 bridgehead atoms. The van der Waals surface area contributed by atoms with E-state index in [1.54, 1.807) is 13.8 Å². The van der Waals surface area contributed by atoms with Crippen LogP contribution in [-0.4, -0.2) is 88.7 Å². The number of hydrogen-bond donors (Lipinski definition) is 8. The molecule has 0 saturated heterocycles. The number of carbonyl (C=O) groups excluding carboxylic acids is 3. The molecule has 14 heteroatoms. The molecule has 0 fully saturated rings. The second-order valence-electron chi connectivity index (χ2n) is 8.19. The second-order valence-corrected chi connectivity index (χ2v) is 9.17. The van der Waals surface area contributed by atoms with Crippen molar-refractivity contribution in [1.29, 1.82) is 0 Å². The van der Waals surface area contributed by atoms with E-state index in [4.69, 9.17) is 17.2 Å². The van der Waals surface area contributed by atoms with Crippen molar-refractivity contribution in [2.24, 2.45) is 28.1 Å². The molecular weight excluding hydrogens is 466 g/mol. The molecule has 0 unspecified atom stereocenters. The molecule has 34 heavy (non-hydrogen) atoms. The van der Waals surface area contributed by atoms with E-state index in [-0.39, 0.29) is 31.3 Å². The number of amides is 3. The molecule has 5 atom stereocenters. The zero-order chi connectivity index (χ0) is 26.4. The predicted octanol–water partition coefficient (Wildman–Crippen LogP) is -2.30. The van der Waals surface area contributed by atoms with E-state index in [1.165, 1.54) is 18.7 Å². The number of aliphatic carboxylic acids is 1. The molecular formula is C20H39N7O6S. The number of rotatable bonds is 16. The molecule has 0 rings (SSSR count). The SMILES string of the molecule is CSCC[C@H](NC(=O)[C@H](CCCN=C(N)N)NC(=O)[C@@H](N)C(C)C)C(=O)N[C@H](C(=O)O)[C@@H](C)O. The van der Waals surface area contributed by atoms with Crippen LogP contribution < -0.4 is 33.2 Å². The Morgan fingerprint density at radius 3 is 1.94 bits per heavy atom. The Balaban J connectivity index is 5.55. The zero-order valence-electron chi connectivity index (χ0n) is 20.1. The highest BCUT2D eigenvalue weighted by Gasteiger charge is 2.31. The first-order valence-corrected chi connectivity index (χ1v) is 12.3. The van der Waals surface area contributed by atoms with E-state index in [0.29, 0.717) is 12.2 Å². The fourth-order valence-electron chi connectivity index (χ4n) is 2.76. The van der Waals surface area contributed by atoms with Crippen LogP contribution in [0.4, 0.5) is 0 Å². The number of nitrogens with two attached hydrogens (primary N) is 3. The Labute approximate surface area is 204 Å². The molecule has 0 aromatic rings. The summed E-state index contributed by atoms with van der Waals surface area (Å²) in [5, 5.41) is 26.3. The van der Waals surface area contributed by atoms with E-state index < -0.39 is 54.0 Å². The highest BCUT2D eigenvalue weighted by molar-refractivity contribution is 7.98. The predicted molar refractivity (Wildman–Crippen MR) is 131 cm³/mol. The normalized spacial score (nSPS) is 15.4. The first-order chi connectivity index (χ1) is 15.8. The maximum absolute atomic E-state index is 13.0. The smallest absolute Gasteiger partial charge is 0.328 e. The minimum Gasteiger partial charge on any atom is -0.480 e. The van der Waals surface area contributed by atoms with Crippen molar-refractivity contribution in [1.82, 2.24) is 16.0 Å². The van der Waals surface area contributed by atoms with Gasteiger partial charge in [0, 0.05) is 6.54 Å². The van der Waals surface area contributed by atoms with Gasteiger partial charge < -0.3 is 43.4 Å². The lowest BCUT2D eigenvalue weighted by Gasteiger charge is -2.26. The van der Waals surface area contributed by atoms with Gasteiger partial charge in [0.1, 0.15) is 12.1 Å². The molecule has 0 radical (unpaired) electrons. The van der Waals surface area contributed by atoms with Crippen molar-refractivity contribution >= 4 is 41.4 Å². The van der Waals surface area contributed by atoms with Crippen LogP contribution >= 0.6 is 11.8 Å². The van der Waals surface area contributed by atoms with Crippen LogP contribution in [0.2, 0.25) is 0 Å². The van der Waals surface area contributed by atoms with Crippen LogP contribution in [0.15, 0.2) is 4.99 Å². The third-order valence-corrected chi connectivity index (χ3v) is 5.53. The number of aliphatic hydroxyl groups is 1. The summed E-state index contributed by atoms with van der Waals surface area (Å²) in [6.45, 7) is 4.99. The van der Waals surface area contributed by atoms with Crippen molar-refractivity contribution in [2.75, 3.05) is 18.6 Å². The Hall–Kier alpha value is -2.58. The summed E-state index contributed by atoms with van der Waals surface area (Å²) in [5.74, 6) is -3.12. The van der Waals surface area contributed by atoms with Crippen molar-refractivity contribution < 1.29 is 29.4 Å². The molecule has 13 nitrogen and oxygen atoms in total. The Morgan fingerprint density at radius 2 is 1.47 bits per heavy atom. The maximum Gasteiger partial charge on any atom is 0.328 e. The number of carbonyl (C=O) groups is 4. The van der Waals surface area contributed by atoms with Crippen molar-refractivity contribution in [3.63, 3.8) is 0 Å². The first-order valence-electron chi connectivity index (χ1n) is 10.9. The molecule has 0 aliphatic heterocycles. The number of aliphatic hydroxyl groups excluding tert-OH is 1. The third-order valence-electron chi connectivity index (χ3n) is 4.89. The maximum atomic E-state index is 13.0. The van der Waals surface area contributed by atoms with Crippen molar-refractivity contribution in [2.45, 2.75) is 70.3 Å². The number of nitrogens with zero attached hydrogens (tertiary/aromatic N) is 1. The largest absolute Gasteiger partial charge is 0.480 e. The monoisotopic (exact) mass is 505 g/mol. The van der Waals surface area contributed by atoms with Gasteiger partial charge in [-0.25, -0.2) is 4.79 Å². The van der Waals surface area contributed by atoms with Gasteiger partial charge in [-0.3, -0.25) is 19.4 Å². The van der Waals surface area contributed by atoms with E-state index in [2.05, 4.69) is 20.9 Å². The van der Waals surface area contributed by atoms with Gasteiger partial charge in [-0.15, -0.1) is 0 Å². The Morgan fingerprint density at radius 1 is 0.941 bits per heavy atom. The number of nitrogens with one attached hydrogen (secondary N) is 3. The van der Waals surface area contributed by atoms with E-state index in [9.17, 15) is 29.4 Å². The van der Waals surface area contributed by atoms with Crippen LogP contribution in [0.1, 0.15) is 40.0 Å². The molecule has 0 spiro atoms. The lowest BCUT2D eigenvalue weighted by molar-refractivity contribution is -0.145. The summed E-state index contributed by atoms with van der Waals surface area (Å²) in [5.41, 5.74) is 16.5. The van der Waals surface area contributed by atoms with Gasteiger partial charge in [-0.1, -0.05) is 13.8 Å². The van der Waals surface area contributed by atoms with Crippen LogP contribution in [0, 0.1) is 5.92 Å². The average Bonchev–Trinajstić information content (AvgIpc) is 2.74. The number of aliphatic imine (C=N–C) groups is 1. The third kappa shape index (κ3) is 12.0. The average molecular weight is 506 g/mol. The van der Waals surface area contributed by atoms with Gasteiger partial charge in [-0.05, 0) is 44.1 Å². The second kappa shape index (κ2) is 16.1. The standard InChI is InChI=1S/C20H39N7O6S/c1-10(2)14(21)18(31)26-12(6-5-8-24-20(22)23)16(29)25-13(7-9-34-4)17(30)27-15(11(3)28)19(32)33/h10-15,28H,5-9,21H2,1-4H3,(H,25,29)(H,26,31)(H,27,30)(H,32,33)(H4,22,23,24)/t11-,12+,13+,14+,15+/m1/s1. The van der Waals surface area contributed by atoms with Crippen LogP contribution in [0.5, 0.6) is 0 Å². The minimum atomic E-state index is -1.54.